The molecule has 2 nitrogen and oxygen atoms in total. The summed E-state index contributed by atoms with van der Waals surface area (Å²) in [7, 11) is 0. The molecule has 0 saturated heterocycles. The Bertz CT molecular complexity index is 162. The number of halogens is 3. The van der Waals surface area contributed by atoms with Crippen molar-refractivity contribution >= 4 is 53.7 Å². The van der Waals surface area contributed by atoms with E-state index in [0.29, 0.717) is 6.42 Å². The number of amides is 1. The highest BCUT2D eigenvalue weighted by Gasteiger charge is 2.39. The lowest BCUT2D eigenvalue weighted by molar-refractivity contribution is -0.119. The van der Waals surface area contributed by atoms with Crippen molar-refractivity contribution in [3.8, 4) is 0 Å². The first-order chi connectivity index (χ1) is 4.67. The van der Waals surface area contributed by atoms with Gasteiger partial charge in [0.15, 0.2) is 0 Å². The summed E-state index contributed by atoms with van der Waals surface area (Å²) in [6, 6.07) is 0. The molecule has 0 rings (SSSR count). The molecule has 0 aromatic heterocycles. The molecule has 0 aromatic carbocycles. The molecule has 1 amide bonds. The molecule has 0 radical (unpaired) electrons. The van der Waals surface area contributed by atoms with Gasteiger partial charge in [-0.3, -0.25) is 4.79 Å². The third-order valence-corrected chi connectivity index (χ3v) is 4.60. The van der Waals surface area contributed by atoms with Gasteiger partial charge in [0.2, 0.25) is 5.91 Å². The van der Waals surface area contributed by atoms with E-state index in [1.54, 1.807) is 0 Å². The zero-order valence-electron chi connectivity index (χ0n) is 6.33. The third kappa shape index (κ3) is 3.90. The molecule has 0 atom stereocenters. The molecule has 0 aliphatic heterocycles. The topological polar surface area (TPSA) is 43.1 Å². The summed E-state index contributed by atoms with van der Waals surface area (Å²) in [6.45, 7) is 3.85. The molecular formula is C6H10Br3NO. The van der Waals surface area contributed by atoms with Gasteiger partial charge in [-0.2, -0.15) is 0 Å². The Morgan fingerprint density at radius 3 is 1.82 bits per heavy atom. The highest BCUT2D eigenvalue weighted by atomic mass is 80.0. The van der Waals surface area contributed by atoms with Gasteiger partial charge in [0.1, 0.15) is 2.14 Å². The summed E-state index contributed by atoms with van der Waals surface area (Å²) >= 11 is 10.1. The van der Waals surface area contributed by atoms with Gasteiger partial charge in [0.05, 0.1) is 0 Å². The molecule has 2 N–H and O–H groups in total. The minimum atomic E-state index is -0.435. The van der Waals surface area contributed by atoms with Crippen molar-refractivity contribution in [3.63, 3.8) is 0 Å². The van der Waals surface area contributed by atoms with Crippen LogP contribution in [0.3, 0.4) is 0 Å². The van der Waals surface area contributed by atoms with Crippen LogP contribution in [0.4, 0.5) is 0 Å². The summed E-state index contributed by atoms with van der Waals surface area (Å²) in [4.78, 5) is 10.6. The SMILES string of the molecule is CC(C)(CC(N)=O)C(Br)(Br)Br. The van der Waals surface area contributed by atoms with Gasteiger partial charge >= 0.3 is 0 Å². The van der Waals surface area contributed by atoms with Gasteiger partial charge in [-0.1, -0.05) is 61.6 Å². The Morgan fingerprint density at radius 1 is 1.36 bits per heavy atom. The maximum atomic E-state index is 10.6. The molecule has 5 heteroatoms. The van der Waals surface area contributed by atoms with Crippen molar-refractivity contribution in [1.82, 2.24) is 0 Å². The average molecular weight is 352 g/mol. The largest absolute Gasteiger partial charge is 0.370 e. The van der Waals surface area contributed by atoms with Crippen molar-refractivity contribution in [2.45, 2.75) is 22.4 Å². The lowest BCUT2D eigenvalue weighted by Crippen LogP contribution is -2.32. The first-order valence-corrected chi connectivity index (χ1v) is 5.40. The van der Waals surface area contributed by atoms with Crippen LogP contribution in [-0.4, -0.2) is 8.05 Å². The zero-order valence-corrected chi connectivity index (χ0v) is 11.1. The molecule has 0 spiro atoms. The maximum absolute atomic E-state index is 10.6. The second-order valence-electron chi connectivity index (χ2n) is 3.02. The molecule has 0 fully saturated rings. The van der Waals surface area contributed by atoms with E-state index in [4.69, 9.17) is 5.73 Å². The van der Waals surface area contributed by atoms with Crippen molar-refractivity contribution in [2.24, 2.45) is 11.1 Å². The van der Waals surface area contributed by atoms with E-state index in [0.717, 1.165) is 0 Å². The Balaban J connectivity index is 4.34. The maximum Gasteiger partial charge on any atom is 0.218 e. The van der Waals surface area contributed by atoms with E-state index < -0.39 is 2.14 Å². The molecular weight excluding hydrogens is 342 g/mol. The Hall–Kier alpha value is 0.910. The minimum Gasteiger partial charge on any atom is -0.370 e. The number of carbonyl (C=O) groups excluding carboxylic acids is 1. The molecule has 0 aliphatic carbocycles. The van der Waals surface area contributed by atoms with Crippen LogP contribution in [0.2, 0.25) is 0 Å². The van der Waals surface area contributed by atoms with E-state index >= 15 is 0 Å². The smallest absolute Gasteiger partial charge is 0.218 e. The fraction of sp³-hybridized carbons (Fsp3) is 0.833. The second kappa shape index (κ2) is 3.75. The van der Waals surface area contributed by atoms with E-state index in [1.165, 1.54) is 0 Å². The number of rotatable bonds is 2. The van der Waals surface area contributed by atoms with Gasteiger partial charge in [-0.05, 0) is 0 Å². The van der Waals surface area contributed by atoms with Crippen LogP contribution in [0.25, 0.3) is 0 Å². The summed E-state index contributed by atoms with van der Waals surface area (Å²) < 4.78 is -0.435. The van der Waals surface area contributed by atoms with Crippen LogP contribution in [0, 0.1) is 5.41 Å². The van der Waals surface area contributed by atoms with Crippen molar-refractivity contribution in [2.75, 3.05) is 0 Å². The van der Waals surface area contributed by atoms with Gasteiger partial charge in [0, 0.05) is 11.8 Å². The van der Waals surface area contributed by atoms with Gasteiger partial charge in [-0.15, -0.1) is 0 Å². The molecule has 0 unspecified atom stereocenters. The number of carbonyl (C=O) groups is 1. The average Bonchev–Trinajstić information content (AvgIpc) is 1.56. The molecule has 0 bridgehead atoms. The zero-order chi connectivity index (χ0) is 9.28. The molecule has 0 heterocycles. The Labute approximate surface area is 91.7 Å². The van der Waals surface area contributed by atoms with Gasteiger partial charge in [-0.25, -0.2) is 0 Å². The number of hydrogen-bond donors (Lipinski definition) is 1. The van der Waals surface area contributed by atoms with E-state index in [2.05, 4.69) is 47.8 Å². The van der Waals surface area contributed by atoms with Crippen LogP contribution in [-0.2, 0) is 4.79 Å². The minimum absolute atomic E-state index is 0.265. The van der Waals surface area contributed by atoms with E-state index in [9.17, 15) is 4.79 Å². The summed E-state index contributed by atoms with van der Waals surface area (Å²) in [6.07, 6.45) is 0.314. The molecule has 0 saturated carbocycles. The highest BCUT2D eigenvalue weighted by molar-refractivity contribution is 9.39. The monoisotopic (exact) mass is 349 g/mol. The summed E-state index contributed by atoms with van der Waals surface area (Å²) in [5.74, 6) is -0.308. The predicted molar refractivity (Wildman–Crippen MR) is 57.1 cm³/mol. The lowest BCUT2D eigenvalue weighted by atomic mass is 9.92. The first-order valence-electron chi connectivity index (χ1n) is 3.02. The molecule has 0 aliphatic rings. The van der Waals surface area contributed by atoms with E-state index in [-0.39, 0.29) is 11.3 Å². The number of nitrogens with two attached hydrogens (primary N) is 1. The van der Waals surface area contributed by atoms with Crippen LogP contribution >= 0.6 is 47.8 Å². The normalized spacial score (nSPS) is 13.2. The van der Waals surface area contributed by atoms with Crippen LogP contribution in [0.1, 0.15) is 20.3 Å². The quantitative estimate of drug-likeness (QED) is 0.764. The number of primary amides is 1. The summed E-state index contributed by atoms with van der Waals surface area (Å²) in [5.41, 5.74) is 4.81. The predicted octanol–water partition coefficient (Wildman–Crippen LogP) is 2.73. The van der Waals surface area contributed by atoms with Crippen LogP contribution in [0.5, 0.6) is 0 Å². The van der Waals surface area contributed by atoms with Gasteiger partial charge < -0.3 is 5.73 Å². The molecule has 11 heavy (non-hydrogen) atoms. The second-order valence-corrected chi connectivity index (χ2v) is 9.79. The Morgan fingerprint density at radius 2 is 1.73 bits per heavy atom. The fourth-order valence-corrected chi connectivity index (χ4v) is 0.956. The van der Waals surface area contributed by atoms with Crippen molar-refractivity contribution in [1.29, 1.82) is 0 Å². The summed E-state index contributed by atoms with van der Waals surface area (Å²) in [5, 5.41) is 0. The van der Waals surface area contributed by atoms with Crippen molar-refractivity contribution in [3.05, 3.63) is 0 Å². The number of alkyl halides is 3. The Kier molecular flexibility index (Phi) is 4.06. The highest BCUT2D eigenvalue weighted by Crippen LogP contribution is 2.50. The lowest BCUT2D eigenvalue weighted by Gasteiger charge is -2.32. The fourth-order valence-electron chi connectivity index (χ4n) is 0.536. The van der Waals surface area contributed by atoms with Crippen LogP contribution < -0.4 is 5.73 Å². The number of hydrogen-bond acceptors (Lipinski definition) is 1. The molecule has 66 valence electrons. The first kappa shape index (κ1) is 11.9. The molecule has 0 aromatic rings. The van der Waals surface area contributed by atoms with Crippen LogP contribution in [0.15, 0.2) is 0 Å². The third-order valence-electron chi connectivity index (χ3n) is 1.38. The van der Waals surface area contributed by atoms with E-state index in [1.807, 2.05) is 13.8 Å². The van der Waals surface area contributed by atoms with Crippen molar-refractivity contribution < 1.29 is 4.79 Å². The van der Waals surface area contributed by atoms with Gasteiger partial charge in [0.25, 0.3) is 0 Å². The standard InChI is InChI=1S/C6H10Br3NO/c1-5(2,3-4(10)11)6(7,8)9/h3H2,1-2H3,(H2,10,11).